The molecule has 0 aromatic heterocycles. The molecule has 0 aliphatic carbocycles. The standard InChI is InChI=1S/C13H21NO3/c1-5-17-13(9-14-2)10-6-7-11(15-3)12(8-10)16-4/h6-8,13-14H,5,9H2,1-4H3/t13-/m0/s1. The van der Waals surface area contributed by atoms with Gasteiger partial charge in [-0.2, -0.15) is 0 Å². The molecule has 0 spiro atoms. The summed E-state index contributed by atoms with van der Waals surface area (Å²) in [5.41, 5.74) is 1.08. The highest BCUT2D eigenvalue weighted by molar-refractivity contribution is 5.43. The van der Waals surface area contributed by atoms with Gasteiger partial charge in [-0.05, 0) is 31.7 Å². The first-order valence-electron chi connectivity index (χ1n) is 5.74. The van der Waals surface area contributed by atoms with E-state index in [-0.39, 0.29) is 6.10 Å². The molecule has 1 atom stereocenters. The number of benzene rings is 1. The Bertz CT molecular complexity index is 335. The van der Waals surface area contributed by atoms with Crippen LogP contribution >= 0.6 is 0 Å². The molecule has 0 saturated heterocycles. The number of rotatable bonds is 7. The zero-order chi connectivity index (χ0) is 12.7. The Morgan fingerprint density at radius 2 is 1.88 bits per heavy atom. The lowest BCUT2D eigenvalue weighted by molar-refractivity contribution is 0.0636. The number of nitrogens with one attached hydrogen (secondary N) is 1. The Balaban J connectivity index is 2.94. The van der Waals surface area contributed by atoms with Crippen LogP contribution in [0.15, 0.2) is 18.2 Å². The summed E-state index contributed by atoms with van der Waals surface area (Å²) in [6.45, 7) is 3.44. The Morgan fingerprint density at radius 1 is 1.18 bits per heavy atom. The van der Waals surface area contributed by atoms with E-state index in [4.69, 9.17) is 14.2 Å². The van der Waals surface area contributed by atoms with E-state index in [1.165, 1.54) is 0 Å². The molecule has 17 heavy (non-hydrogen) atoms. The fourth-order valence-corrected chi connectivity index (χ4v) is 1.71. The van der Waals surface area contributed by atoms with Gasteiger partial charge in [0.2, 0.25) is 0 Å². The SMILES string of the molecule is CCO[C@@H](CNC)c1ccc(OC)c(OC)c1. The molecular formula is C13H21NO3. The predicted octanol–water partition coefficient (Wildman–Crippen LogP) is 2.00. The Labute approximate surface area is 103 Å². The van der Waals surface area contributed by atoms with Gasteiger partial charge in [-0.25, -0.2) is 0 Å². The van der Waals surface area contributed by atoms with Crippen LogP contribution in [0.2, 0.25) is 0 Å². The molecule has 1 N–H and O–H groups in total. The second-order valence-corrected chi connectivity index (χ2v) is 3.62. The van der Waals surface area contributed by atoms with Gasteiger partial charge in [0, 0.05) is 13.2 Å². The Kier molecular flexibility index (Phi) is 5.80. The average molecular weight is 239 g/mol. The largest absolute Gasteiger partial charge is 0.493 e. The van der Waals surface area contributed by atoms with E-state index in [1.54, 1.807) is 14.2 Å². The van der Waals surface area contributed by atoms with Crippen LogP contribution in [0.4, 0.5) is 0 Å². The number of hydrogen-bond donors (Lipinski definition) is 1. The third-order valence-corrected chi connectivity index (χ3v) is 2.54. The Hall–Kier alpha value is -1.26. The van der Waals surface area contributed by atoms with Gasteiger partial charge >= 0.3 is 0 Å². The summed E-state index contributed by atoms with van der Waals surface area (Å²) in [4.78, 5) is 0. The maximum Gasteiger partial charge on any atom is 0.161 e. The summed E-state index contributed by atoms with van der Waals surface area (Å²) >= 11 is 0. The molecule has 0 radical (unpaired) electrons. The van der Waals surface area contributed by atoms with Gasteiger partial charge in [0.25, 0.3) is 0 Å². The first kappa shape index (κ1) is 13.8. The van der Waals surface area contributed by atoms with E-state index < -0.39 is 0 Å². The van der Waals surface area contributed by atoms with Gasteiger partial charge in [0.15, 0.2) is 11.5 Å². The molecule has 0 fully saturated rings. The van der Waals surface area contributed by atoms with Crippen LogP contribution in [-0.2, 0) is 4.74 Å². The zero-order valence-electron chi connectivity index (χ0n) is 10.9. The van der Waals surface area contributed by atoms with Crippen molar-refractivity contribution in [3.05, 3.63) is 23.8 Å². The molecule has 1 aromatic carbocycles. The molecule has 0 saturated carbocycles. The second kappa shape index (κ2) is 7.14. The van der Waals surface area contributed by atoms with Crippen molar-refractivity contribution in [2.45, 2.75) is 13.0 Å². The summed E-state index contributed by atoms with van der Waals surface area (Å²) in [5.74, 6) is 1.46. The summed E-state index contributed by atoms with van der Waals surface area (Å²) in [7, 11) is 5.17. The van der Waals surface area contributed by atoms with Crippen molar-refractivity contribution in [2.75, 3.05) is 34.4 Å². The van der Waals surface area contributed by atoms with Gasteiger partial charge in [-0.3, -0.25) is 0 Å². The first-order chi connectivity index (χ1) is 8.26. The van der Waals surface area contributed by atoms with E-state index in [9.17, 15) is 0 Å². The molecule has 0 aliphatic rings. The van der Waals surface area contributed by atoms with E-state index in [0.717, 1.165) is 23.6 Å². The number of likely N-dealkylation sites (N-methyl/N-ethyl adjacent to an activating group) is 1. The van der Waals surface area contributed by atoms with E-state index >= 15 is 0 Å². The van der Waals surface area contributed by atoms with Crippen LogP contribution in [0.25, 0.3) is 0 Å². The smallest absolute Gasteiger partial charge is 0.161 e. The van der Waals surface area contributed by atoms with Crippen LogP contribution in [-0.4, -0.2) is 34.4 Å². The molecule has 0 bridgehead atoms. The summed E-state index contributed by atoms with van der Waals surface area (Å²) in [6.07, 6.45) is 0.0322. The molecule has 1 rings (SSSR count). The van der Waals surface area contributed by atoms with Gasteiger partial charge in [-0.1, -0.05) is 6.07 Å². The van der Waals surface area contributed by atoms with Gasteiger partial charge in [-0.15, -0.1) is 0 Å². The average Bonchev–Trinajstić information content (AvgIpc) is 2.37. The van der Waals surface area contributed by atoms with Crippen molar-refractivity contribution in [1.29, 1.82) is 0 Å². The molecule has 4 nitrogen and oxygen atoms in total. The monoisotopic (exact) mass is 239 g/mol. The van der Waals surface area contributed by atoms with Crippen LogP contribution in [0, 0.1) is 0 Å². The fourth-order valence-electron chi connectivity index (χ4n) is 1.71. The summed E-state index contributed by atoms with van der Waals surface area (Å²) < 4.78 is 16.2. The van der Waals surface area contributed by atoms with Gasteiger partial charge in [0.05, 0.1) is 20.3 Å². The molecular weight excluding hydrogens is 218 g/mol. The minimum absolute atomic E-state index is 0.0322. The second-order valence-electron chi connectivity index (χ2n) is 3.62. The molecule has 0 heterocycles. The molecule has 0 amide bonds. The fraction of sp³-hybridized carbons (Fsp3) is 0.538. The van der Waals surface area contributed by atoms with Crippen LogP contribution < -0.4 is 14.8 Å². The quantitative estimate of drug-likeness (QED) is 0.790. The van der Waals surface area contributed by atoms with Crippen molar-refractivity contribution < 1.29 is 14.2 Å². The number of methoxy groups -OCH3 is 2. The van der Waals surface area contributed by atoms with E-state index in [2.05, 4.69) is 5.32 Å². The first-order valence-corrected chi connectivity index (χ1v) is 5.74. The van der Waals surface area contributed by atoms with Crippen molar-refractivity contribution in [3.63, 3.8) is 0 Å². The van der Waals surface area contributed by atoms with E-state index in [0.29, 0.717) is 6.61 Å². The minimum Gasteiger partial charge on any atom is -0.493 e. The van der Waals surface area contributed by atoms with Crippen LogP contribution in [0.3, 0.4) is 0 Å². The molecule has 0 unspecified atom stereocenters. The van der Waals surface area contributed by atoms with Crippen molar-refractivity contribution in [2.24, 2.45) is 0 Å². The lowest BCUT2D eigenvalue weighted by atomic mass is 10.1. The zero-order valence-corrected chi connectivity index (χ0v) is 10.9. The summed E-state index contributed by atoms with van der Waals surface area (Å²) in [6, 6.07) is 5.85. The van der Waals surface area contributed by atoms with Crippen molar-refractivity contribution in [1.82, 2.24) is 5.32 Å². The minimum atomic E-state index is 0.0322. The maximum absolute atomic E-state index is 5.68. The third-order valence-electron chi connectivity index (χ3n) is 2.54. The highest BCUT2D eigenvalue weighted by atomic mass is 16.5. The highest BCUT2D eigenvalue weighted by Crippen LogP contribution is 2.30. The number of ether oxygens (including phenoxy) is 3. The maximum atomic E-state index is 5.68. The van der Waals surface area contributed by atoms with Gasteiger partial charge in [0.1, 0.15) is 0 Å². The summed E-state index contributed by atoms with van der Waals surface area (Å²) in [5, 5.41) is 3.12. The Morgan fingerprint density at radius 3 is 2.41 bits per heavy atom. The van der Waals surface area contributed by atoms with Crippen LogP contribution in [0.1, 0.15) is 18.6 Å². The van der Waals surface area contributed by atoms with E-state index in [1.807, 2.05) is 32.2 Å². The lowest BCUT2D eigenvalue weighted by Gasteiger charge is -2.18. The topological polar surface area (TPSA) is 39.7 Å². The highest BCUT2D eigenvalue weighted by Gasteiger charge is 2.13. The van der Waals surface area contributed by atoms with Gasteiger partial charge < -0.3 is 19.5 Å². The lowest BCUT2D eigenvalue weighted by Crippen LogP contribution is -2.19. The normalized spacial score (nSPS) is 12.2. The predicted molar refractivity (Wildman–Crippen MR) is 67.8 cm³/mol. The van der Waals surface area contributed by atoms with Crippen molar-refractivity contribution in [3.8, 4) is 11.5 Å². The molecule has 4 heteroatoms. The van der Waals surface area contributed by atoms with Crippen LogP contribution in [0.5, 0.6) is 11.5 Å². The van der Waals surface area contributed by atoms with Crippen molar-refractivity contribution >= 4 is 0 Å². The molecule has 0 aliphatic heterocycles. The third kappa shape index (κ3) is 3.61. The molecule has 96 valence electrons. The number of hydrogen-bond acceptors (Lipinski definition) is 4. The molecule has 1 aromatic rings.